The predicted octanol–water partition coefficient (Wildman–Crippen LogP) is 4.49. The van der Waals surface area contributed by atoms with Crippen molar-refractivity contribution in [2.24, 2.45) is 0 Å². The second kappa shape index (κ2) is 10.8. The first-order chi connectivity index (χ1) is 18.1. The van der Waals surface area contributed by atoms with E-state index in [1.807, 2.05) is 73.7 Å². The lowest BCUT2D eigenvalue weighted by atomic mass is 10.0. The molecule has 1 N–H and O–H groups in total. The van der Waals surface area contributed by atoms with E-state index in [9.17, 15) is 4.79 Å². The third kappa shape index (κ3) is 5.15. The summed E-state index contributed by atoms with van der Waals surface area (Å²) in [5.41, 5.74) is 4.52. The quantitative estimate of drug-likeness (QED) is 0.325. The number of nitrogens with one attached hydrogen (secondary N) is 1. The van der Waals surface area contributed by atoms with Gasteiger partial charge in [0, 0.05) is 12.1 Å². The predicted molar refractivity (Wildman–Crippen MR) is 144 cm³/mol. The molecule has 0 aliphatic rings. The number of methoxy groups -OCH3 is 1. The van der Waals surface area contributed by atoms with Crippen molar-refractivity contribution in [2.75, 3.05) is 13.7 Å². The summed E-state index contributed by atoms with van der Waals surface area (Å²) in [6.07, 6.45) is 0. The molecule has 1 atom stereocenters. The Bertz CT molecular complexity index is 1540. The fourth-order valence-electron chi connectivity index (χ4n) is 4.73. The van der Waals surface area contributed by atoms with Crippen LogP contribution in [0.1, 0.15) is 41.0 Å². The molecule has 0 spiro atoms. The van der Waals surface area contributed by atoms with Gasteiger partial charge in [0.2, 0.25) is 0 Å². The van der Waals surface area contributed by atoms with Gasteiger partial charge in [-0.05, 0) is 64.2 Å². The zero-order valence-electron chi connectivity index (χ0n) is 21.3. The Morgan fingerprint density at radius 3 is 2.51 bits per heavy atom. The van der Waals surface area contributed by atoms with Crippen LogP contribution in [0.25, 0.3) is 10.9 Å². The van der Waals surface area contributed by atoms with Gasteiger partial charge >= 0.3 is 0 Å². The van der Waals surface area contributed by atoms with Crippen molar-refractivity contribution in [3.8, 4) is 5.75 Å². The number of rotatable bonds is 9. The van der Waals surface area contributed by atoms with Crippen molar-refractivity contribution < 1.29 is 4.74 Å². The SMILES string of the molecule is CCN(Cc1ccccc1)[C@@H](c1cc2cccc(C)c2[nH]c1=O)c1nnnn1Cc1ccc(OC)cc1. The number of ether oxygens (including phenoxy) is 1. The van der Waals surface area contributed by atoms with Crippen LogP contribution < -0.4 is 10.3 Å². The number of aryl methyl sites for hydroxylation is 1. The highest BCUT2D eigenvalue weighted by atomic mass is 16.5. The van der Waals surface area contributed by atoms with Crippen molar-refractivity contribution in [3.05, 3.63) is 117 Å². The lowest BCUT2D eigenvalue weighted by Crippen LogP contribution is -2.35. The average Bonchev–Trinajstić information content (AvgIpc) is 3.37. The standard InChI is InChI=1S/C29H30N6O2/c1-4-34(18-21-10-6-5-7-11-21)27(25-17-23-12-8-9-20(2)26(23)30-29(25)36)28-31-32-33-35(28)19-22-13-15-24(37-3)16-14-22/h5-17,27H,4,18-19H2,1-3H3,(H,30,36)/t27-/m0/s1. The molecule has 3 aromatic carbocycles. The fraction of sp³-hybridized carbons (Fsp3) is 0.241. The number of tetrazole rings is 1. The Kier molecular flexibility index (Phi) is 7.09. The summed E-state index contributed by atoms with van der Waals surface area (Å²) >= 11 is 0. The molecule has 5 aromatic rings. The van der Waals surface area contributed by atoms with Crippen LogP contribution in [0.4, 0.5) is 0 Å². The van der Waals surface area contributed by atoms with E-state index in [1.165, 1.54) is 0 Å². The summed E-state index contributed by atoms with van der Waals surface area (Å²) in [7, 11) is 1.65. The number of nitrogens with zero attached hydrogens (tertiary/aromatic N) is 5. The van der Waals surface area contributed by atoms with Crippen LogP contribution in [0.15, 0.2) is 83.7 Å². The summed E-state index contributed by atoms with van der Waals surface area (Å²) < 4.78 is 7.07. The minimum Gasteiger partial charge on any atom is -0.497 e. The number of benzene rings is 3. The lowest BCUT2D eigenvalue weighted by Gasteiger charge is -2.30. The summed E-state index contributed by atoms with van der Waals surface area (Å²) in [6.45, 7) is 5.89. The highest BCUT2D eigenvalue weighted by molar-refractivity contribution is 5.82. The zero-order chi connectivity index (χ0) is 25.8. The maximum absolute atomic E-state index is 13.6. The van der Waals surface area contributed by atoms with Gasteiger partial charge in [0.25, 0.3) is 5.56 Å². The van der Waals surface area contributed by atoms with Gasteiger partial charge in [0.1, 0.15) is 11.8 Å². The maximum Gasteiger partial charge on any atom is 0.253 e. The van der Waals surface area contributed by atoms with Gasteiger partial charge in [-0.15, -0.1) is 5.10 Å². The zero-order valence-corrected chi connectivity index (χ0v) is 21.3. The van der Waals surface area contributed by atoms with E-state index in [0.717, 1.165) is 33.3 Å². The third-order valence-corrected chi connectivity index (χ3v) is 6.71. The molecule has 0 bridgehead atoms. The van der Waals surface area contributed by atoms with Crippen molar-refractivity contribution in [3.63, 3.8) is 0 Å². The Morgan fingerprint density at radius 2 is 1.78 bits per heavy atom. The summed E-state index contributed by atoms with van der Waals surface area (Å²) in [4.78, 5) is 18.9. The largest absolute Gasteiger partial charge is 0.497 e. The molecule has 37 heavy (non-hydrogen) atoms. The first-order valence-electron chi connectivity index (χ1n) is 12.4. The summed E-state index contributed by atoms with van der Waals surface area (Å²) in [6, 6.07) is 25.6. The summed E-state index contributed by atoms with van der Waals surface area (Å²) in [5, 5.41) is 13.8. The molecule has 0 aliphatic heterocycles. The summed E-state index contributed by atoms with van der Waals surface area (Å²) in [5.74, 6) is 1.41. The molecule has 0 saturated carbocycles. The second-order valence-corrected chi connectivity index (χ2v) is 9.09. The Balaban J connectivity index is 1.62. The molecule has 2 aromatic heterocycles. The van der Waals surface area contributed by atoms with Gasteiger partial charge in [-0.3, -0.25) is 9.69 Å². The highest BCUT2D eigenvalue weighted by Gasteiger charge is 2.30. The van der Waals surface area contributed by atoms with Crippen molar-refractivity contribution in [1.82, 2.24) is 30.1 Å². The van der Waals surface area contributed by atoms with Crippen LogP contribution >= 0.6 is 0 Å². The van der Waals surface area contributed by atoms with E-state index in [1.54, 1.807) is 11.8 Å². The minimum absolute atomic E-state index is 0.141. The third-order valence-electron chi connectivity index (χ3n) is 6.71. The van der Waals surface area contributed by atoms with Crippen molar-refractivity contribution in [2.45, 2.75) is 33.0 Å². The molecule has 8 heteroatoms. The Hall–Kier alpha value is -4.30. The maximum atomic E-state index is 13.6. The number of fused-ring (bicyclic) bond motifs is 1. The van der Waals surface area contributed by atoms with Gasteiger partial charge in [-0.25, -0.2) is 4.68 Å². The Morgan fingerprint density at radius 1 is 1.00 bits per heavy atom. The van der Waals surface area contributed by atoms with Crippen LogP contribution in [0, 0.1) is 6.92 Å². The van der Waals surface area contributed by atoms with Crippen molar-refractivity contribution >= 4 is 10.9 Å². The number of aromatic nitrogens is 5. The number of H-pyrrole nitrogens is 1. The van der Waals surface area contributed by atoms with Crippen molar-refractivity contribution in [1.29, 1.82) is 0 Å². The van der Waals surface area contributed by atoms with Gasteiger partial charge in [-0.2, -0.15) is 0 Å². The van der Waals surface area contributed by atoms with Gasteiger partial charge in [0.05, 0.1) is 19.2 Å². The van der Waals surface area contributed by atoms with E-state index in [0.29, 0.717) is 31.0 Å². The lowest BCUT2D eigenvalue weighted by molar-refractivity contribution is 0.214. The first-order valence-corrected chi connectivity index (χ1v) is 12.4. The normalized spacial score (nSPS) is 12.2. The van der Waals surface area contributed by atoms with E-state index >= 15 is 0 Å². The average molecular weight is 495 g/mol. The van der Waals surface area contributed by atoms with Gasteiger partial charge in [-0.1, -0.05) is 67.6 Å². The number of para-hydroxylation sites is 1. The molecular formula is C29H30N6O2. The van der Waals surface area contributed by atoms with E-state index in [4.69, 9.17) is 4.74 Å². The molecule has 5 rings (SSSR count). The molecule has 188 valence electrons. The Labute approximate surface area is 215 Å². The first kappa shape index (κ1) is 24.4. The molecule has 0 saturated heterocycles. The number of hydrogen-bond acceptors (Lipinski definition) is 6. The molecular weight excluding hydrogens is 464 g/mol. The fourth-order valence-corrected chi connectivity index (χ4v) is 4.73. The topological polar surface area (TPSA) is 88.9 Å². The monoisotopic (exact) mass is 494 g/mol. The van der Waals surface area contributed by atoms with Gasteiger partial charge < -0.3 is 9.72 Å². The van der Waals surface area contributed by atoms with E-state index < -0.39 is 6.04 Å². The molecule has 0 amide bonds. The molecule has 0 aliphatic carbocycles. The minimum atomic E-state index is -0.452. The number of hydrogen-bond donors (Lipinski definition) is 1. The van der Waals surface area contributed by atoms with Crippen LogP contribution in [-0.2, 0) is 13.1 Å². The molecule has 8 nitrogen and oxygen atoms in total. The smallest absolute Gasteiger partial charge is 0.253 e. The number of pyridine rings is 1. The molecule has 0 unspecified atom stereocenters. The van der Waals surface area contributed by atoms with Crippen LogP contribution in [0.2, 0.25) is 0 Å². The van der Waals surface area contributed by atoms with Crippen LogP contribution in [0.5, 0.6) is 5.75 Å². The van der Waals surface area contributed by atoms with Crippen LogP contribution in [-0.4, -0.2) is 43.7 Å². The van der Waals surface area contributed by atoms with E-state index in [2.05, 4.69) is 44.5 Å². The molecule has 0 radical (unpaired) electrons. The van der Waals surface area contributed by atoms with Crippen LogP contribution in [0.3, 0.4) is 0 Å². The van der Waals surface area contributed by atoms with Gasteiger partial charge in [0.15, 0.2) is 5.82 Å². The number of aromatic amines is 1. The van der Waals surface area contributed by atoms with E-state index in [-0.39, 0.29) is 5.56 Å². The second-order valence-electron chi connectivity index (χ2n) is 9.09. The molecule has 2 heterocycles. The molecule has 0 fully saturated rings. The highest BCUT2D eigenvalue weighted by Crippen LogP contribution is 2.29.